The van der Waals surface area contributed by atoms with Crippen LogP contribution in [-0.4, -0.2) is 25.3 Å². The van der Waals surface area contributed by atoms with Crippen LogP contribution in [0.15, 0.2) is 42.8 Å². The summed E-state index contributed by atoms with van der Waals surface area (Å²) in [6, 6.07) is 8.38. The minimum absolute atomic E-state index is 0.0339. The Bertz CT molecular complexity index is 1030. The Hall–Kier alpha value is -2.57. The van der Waals surface area contributed by atoms with E-state index in [2.05, 4.69) is 4.98 Å². The lowest BCUT2D eigenvalue weighted by atomic mass is 10.1. The third-order valence-corrected chi connectivity index (χ3v) is 5.36. The third-order valence-electron chi connectivity index (χ3n) is 3.98. The van der Waals surface area contributed by atoms with Crippen LogP contribution in [0.1, 0.15) is 19.4 Å². The van der Waals surface area contributed by atoms with Crippen LogP contribution in [-0.2, 0) is 4.74 Å². The summed E-state index contributed by atoms with van der Waals surface area (Å²) < 4.78 is 30.4. The van der Waals surface area contributed by atoms with Gasteiger partial charge in [0.15, 0.2) is 0 Å². The molecular formula is C22H21ClFNO3S. The lowest BCUT2D eigenvalue weighted by molar-refractivity contribution is 0.242. The van der Waals surface area contributed by atoms with Crippen molar-refractivity contribution in [2.75, 3.05) is 14.2 Å². The van der Waals surface area contributed by atoms with Crippen LogP contribution in [0.3, 0.4) is 0 Å². The molecule has 0 bridgehead atoms. The SMILES string of the molecule is COC=Cc1cc(F)cc(-c2cnc(-c3ccc(OC(C)C)c(Cl)c3)s2)c1OC. The molecule has 2 aromatic carbocycles. The fraction of sp³-hybridized carbons (Fsp3) is 0.227. The molecule has 4 nitrogen and oxygen atoms in total. The van der Waals surface area contributed by atoms with Gasteiger partial charge in [-0.25, -0.2) is 9.37 Å². The number of benzene rings is 2. The Morgan fingerprint density at radius 2 is 1.97 bits per heavy atom. The molecule has 0 amide bonds. The van der Waals surface area contributed by atoms with E-state index in [1.54, 1.807) is 19.4 Å². The number of hydrogen-bond donors (Lipinski definition) is 0. The van der Waals surface area contributed by atoms with Gasteiger partial charge in [0.25, 0.3) is 0 Å². The summed E-state index contributed by atoms with van der Waals surface area (Å²) in [7, 11) is 3.08. The molecule has 152 valence electrons. The normalized spacial score (nSPS) is 11.3. The van der Waals surface area contributed by atoms with Gasteiger partial charge in [0.1, 0.15) is 22.3 Å². The largest absolute Gasteiger partial charge is 0.504 e. The zero-order chi connectivity index (χ0) is 21.0. The number of halogens is 2. The first-order chi connectivity index (χ1) is 13.9. The minimum atomic E-state index is -0.371. The molecule has 0 fully saturated rings. The number of aromatic nitrogens is 1. The maximum absolute atomic E-state index is 14.2. The highest BCUT2D eigenvalue weighted by atomic mass is 35.5. The molecule has 3 aromatic rings. The number of hydrogen-bond acceptors (Lipinski definition) is 5. The molecule has 7 heteroatoms. The Morgan fingerprint density at radius 3 is 2.62 bits per heavy atom. The van der Waals surface area contributed by atoms with Crippen LogP contribution in [0.25, 0.3) is 27.1 Å². The summed E-state index contributed by atoms with van der Waals surface area (Å²) >= 11 is 7.77. The average Bonchev–Trinajstić information content (AvgIpc) is 3.17. The van der Waals surface area contributed by atoms with Crippen LogP contribution >= 0.6 is 22.9 Å². The predicted molar refractivity (Wildman–Crippen MR) is 116 cm³/mol. The lowest BCUT2D eigenvalue weighted by Crippen LogP contribution is -2.05. The Balaban J connectivity index is 1.99. The molecule has 0 aliphatic carbocycles. The fourth-order valence-corrected chi connectivity index (χ4v) is 3.96. The molecule has 0 aliphatic rings. The number of thiazole rings is 1. The first-order valence-electron chi connectivity index (χ1n) is 8.92. The summed E-state index contributed by atoms with van der Waals surface area (Å²) in [5.74, 6) is 0.807. The van der Waals surface area contributed by atoms with Gasteiger partial charge in [-0.05, 0) is 50.3 Å². The highest BCUT2D eigenvalue weighted by Crippen LogP contribution is 2.41. The summed E-state index contributed by atoms with van der Waals surface area (Å²) in [6.45, 7) is 3.89. The maximum Gasteiger partial charge on any atom is 0.138 e. The molecule has 0 atom stereocenters. The molecule has 0 spiro atoms. The van der Waals surface area contributed by atoms with E-state index in [1.807, 2.05) is 32.0 Å². The van der Waals surface area contributed by atoms with Crippen molar-refractivity contribution in [3.8, 4) is 32.5 Å². The standard InChI is InChI=1S/C22H21ClFNO3S/c1-13(2)28-19-6-5-15(10-18(19)23)22-25-12-20(29-22)17-11-16(24)9-14(7-8-26-3)21(17)27-4/h5-13H,1-4H3. The van der Waals surface area contributed by atoms with Crippen molar-refractivity contribution in [3.05, 3.63) is 59.2 Å². The minimum Gasteiger partial charge on any atom is -0.504 e. The molecule has 0 radical (unpaired) electrons. The van der Waals surface area contributed by atoms with Crippen LogP contribution in [0, 0.1) is 5.82 Å². The summed E-state index contributed by atoms with van der Waals surface area (Å²) in [4.78, 5) is 5.27. The summed E-state index contributed by atoms with van der Waals surface area (Å²) in [5, 5.41) is 1.28. The summed E-state index contributed by atoms with van der Waals surface area (Å²) in [5.41, 5.74) is 2.06. The lowest BCUT2D eigenvalue weighted by Gasteiger charge is -2.11. The number of rotatable bonds is 7. The summed E-state index contributed by atoms with van der Waals surface area (Å²) in [6.07, 6.45) is 4.86. The van der Waals surface area contributed by atoms with Crippen molar-refractivity contribution in [1.29, 1.82) is 0 Å². The van der Waals surface area contributed by atoms with Crippen LogP contribution in [0.4, 0.5) is 4.39 Å². The monoisotopic (exact) mass is 433 g/mol. The van der Waals surface area contributed by atoms with Gasteiger partial charge in [0.2, 0.25) is 0 Å². The molecule has 0 N–H and O–H groups in total. The topological polar surface area (TPSA) is 40.6 Å². The van der Waals surface area contributed by atoms with E-state index in [0.29, 0.717) is 27.6 Å². The van der Waals surface area contributed by atoms with Gasteiger partial charge in [-0.2, -0.15) is 0 Å². The van der Waals surface area contributed by atoms with E-state index in [9.17, 15) is 4.39 Å². The number of methoxy groups -OCH3 is 2. The molecule has 1 aromatic heterocycles. The van der Waals surface area contributed by atoms with Crippen molar-refractivity contribution in [2.24, 2.45) is 0 Å². The quantitative estimate of drug-likeness (QED) is 0.389. The maximum atomic E-state index is 14.2. The fourth-order valence-electron chi connectivity index (χ4n) is 2.81. The molecule has 0 saturated heterocycles. The van der Waals surface area contributed by atoms with E-state index in [4.69, 9.17) is 25.8 Å². The van der Waals surface area contributed by atoms with Gasteiger partial charge in [-0.3, -0.25) is 0 Å². The Morgan fingerprint density at radius 1 is 1.17 bits per heavy atom. The highest BCUT2D eigenvalue weighted by Gasteiger charge is 2.16. The second-order valence-electron chi connectivity index (χ2n) is 6.46. The number of nitrogens with zero attached hydrogens (tertiary/aromatic N) is 1. The zero-order valence-corrected chi connectivity index (χ0v) is 18.1. The van der Waals surface area contributed by atoms with Gasteiger partial charge < -0.3 is 14.2 Å². The second kappa shape index (κ2) is 9.29. The van der Waals surface area contributed by atoms with Gasteiger partial charge in [0, 0.05) is 22.9 Å². The number of ether oxygens (including phenoxy) is 3. The molecule has 0 aliphatic heterocycles. The van der Waals surface area contributed by atoms with Crippen molar-refractivity contribution in [3.63, 3.8) is 0 Å². The van der Waals surface area contributed by atoms with E-state index in [-0.39, 0.29) is 11.9 Å². The molecular weight excluding hydrogens is 413 g/mol. The van der Waals surface area contributed by atoms with Crippen LogP contribution in [0.2, 0.25) is 5.02 Å². The van der Waals surface area contributed by atoms with Crippen molar-refractivity contribution in [1.82, 2.24) is 4.98 Å². The van der Waals surface area contributed by atoms with Gasteiger partial charge in [0.05, 0.1) is 36.5 Å². The van der Waals surface area contributed by atoms with Crippen molar-refractivity contribution < 1.29 is 18.6 Å². The van der Waals surface area contributed by atoms with Crippen LogP contribution in [0.5, 0.6) is 11.5 Å². The third kappa shape index (κ3) is 4.89. The Kier molecular flexibility index (Phi) is 6.77. The first-order valence-corrected chi connectivity index (χ1v) is 10.1. The van der Waals surface area contributed by atoms with Gasteiger partial charge in [-0.15, -0.1) is 11.3 Å². The predicted octanol–water partition coefficient (Wildman–Crippen LogP) is 6.68. The second-order valence-corrected chi connectivity index (χ2v) is 7.89. The van der Waals surface area contributed by atoms with E-state index >= 15 is 0 Å². The zero-order valence-electron chi connectivity index (χ0n) is 16.5. The highest BCUT2D eigenvalue weighted by molar-refractivity contribution is 7.18. The van der Waals surface area contributed by atoms with Crippen LogP contribution < -0.4 is 9.47 Å². The van der Waals surface area contributed by atoms with Crippen molar-refractivity contribution >= 4 is 29.0 Å². The van der Waals surface area contributed by atoms with Gasteiger partial charge in [-0.1, -0.05) is 11.6 Å². The Labute approximate surface area is 178 Å². The smallest absolute Gasteiger partial charge is 0.138 e. The average molecular weight is 434 g/mol. The van der Waals surface area contributed by atoms with Crippen molar-refractivity contribution in [2.45, 2.75) is 20.0 Å². The first kappa shape index (κ1) is 21.1. The van der Waals surface area contributed by atoms with E-state index in [1.165, 1.54) is 36.8 Å². The van der Waals surface area contributed by atoms with E-state index in [0.717, 1.165) is 15.4 Å². The molecule has 0 saturated carbocycles. The molecule has 29 heavy (non-hydrogen) atoms. The molecule has 1 heterocycles. The molecule has 0 unspecified atom stereocenters. The van der Waals surface area contributed by atoms with E-state index < -0.39 is 0 Å². The van der Waals surface area contributed by atoms with Gasteiger partial charge >= 0.3 is 0 Å². The molecule has 3 rings (SSSR count).